The molecule has 8 nitrogen and oxygen atoms in total. The highest BCUT2D eigenvalue weighted by molar-refractivity contribution is 7.22. The zero-order valence-electron chi connectivity index (χ0n) is 18.8. The number of carbonyl (C=O) groups excluding carboxylic acids is 1. The minimum absolute atomic E-state index is 0.0487. The van der Waals surface area contributed by atoms with Gasteiger partial charge in [-0.1, -0.05) is 11.3 Å². The second kappa shape index (κ2) is 8.74. The summed E-state index contributed by atoms with van der Waals surface area (Å²) < 4.78 is 13.4. The molecule has 0 spiro atoms. The standard InChI is InChI=1S/C24H25N5O3S/c1-16-21-22(29(26-16)18-6-10-20(32-3)11-7-18)25-24(33-21)28-14-12-27(13-15-28)23(30)17-4-8-19(31-2)9-5-17/h4-11H,12-15H2,1-3H3. The maximum atomic E-state index is 12.9. The lowest BCUT2D eigenvalue weighted by molar-refractivity contribution is 0.0746. The van der Waals surface area contributed by atoms with Gasteiger partial charge in [0, 0.05) is 31.7 Å². The van der Waals surface area contributed by atoms with Crippen LogP contribution in [0.3, 0.4) is 0 Å². The molecule has 33 heavy (non-hydrogen) atoms. The molecule has 0 saturated carbocycles. The summed E-state index contributed by atoms with van der Waals surface area (Å²) in [6.45, 7) is 4.81. The van der Waals surface area contributed by atoms with Crippen LogP contribution in [-0.4, -0.2) is 66.0 Å². The third kappa shape index (κ3) is 4.00. The van der Waals surface area contributed by atoms with Crippen LogP contribution >= 0.6 is 11.3 Å². The third-order valence-corrected chi connectivity index (χ3v) is 7.08. The van der Waals surface area contributed by atoms with Crippen molar-refractivity contribution < 1.29 is 14.3 Å². The first-order valence-electron chi connectivity index (χ1n) is 10.8. The van der Waals surface area contributed by atoms with Gasteiger partial charge in [-0.15, -0.1) is 0 Å². The number of carbonyl (C=O) groups is 1. The summed E-state index contributed by atoms with van der Waals surface area (Å²) in [5, 5.41) is 5.65. The minimum atomic E-state index is 0.0487. The number of anilines is 1. The molecule has 0 aliphatic carbocycles. The normalized spacial score (nSPS) is 14.0. The van der Waals surface area contributed by atoms with Crippen molar-refractivity contribution in [3.63, 3.8) is 0 Å². The molecular formula is C24H25N5O3S. The first-order chi connectivity index (χ1) is 16.1. The number of thiazole rings is 1. The van der Waals surface area contributed by atoms with E-state index in [1.165, 1.54) is 0 Å². The van der Waals surface area contributed by atoms with E-state index < -0.39 is 0 Å². The van der Waals surface area contributed by atoms with Gasteiger partial charge in [-0.25, -0.2) is 4.68 Å². The van der Waals surface area contributed by atoms with Gasteiger partial charge in [0.2, 0.25) is 0 Å². The SMILES string of the molecule is COc1ccc(C(=O)N2CCN(c3nc4c(s3)c(C)nn4-c3ccc(OC)cc3)CC2)cc1. The summed E-state index contributed by atoms with van der Waals surface area (Å²) in [5.74, 6) is 1.60. The van der Waals surface area contributed by atoms with Gasteiger partial charge in [-0.05, 0) is 55.5 Å². The number of piperazine rings is 1. The fourth-order valence-electron chi connectivity index (χ4n) is 3.98. The molecule has 3 heterocycles. The highest BCUT2D eigenvalue weighted by Gasteiger charge is 2.25. The summed E-state index contributed by atoms with van der Waals surface area (Å²) in [5.41, 5.74) is 3.44. The molecule has 0 atom stereocenters. The average molecular weight is 464 g/mol. The predicted octanol–water partition coefficient (Wildman–Crippen LogP) is 3.77. The lowest BCUT2D eigenvalue weighted by Crippen LogP contribution is -2.48. The highest BCUT2D eigenvalue weighted by Crippen LogP contribution is 2.33. The number of ether oxygens (including phenoxy) is 2. The Bertz CT molecular complexity index is 1270. The van der Waals surface area contributed by atoms with E-state index in [4.69, 9.17) is 14.5 Å². The summed E-state index contributed by atoms with van der Waals surface area (Å²) in [6.07, 6.45) is 0. The van der Waals surface area contributed by atoms with E-state index in [1.807, 2.05) is 65.0 Å². The van der Waals surface area contributed by atoms with Gasteiger partial charge in [0.15, 0.2) is 10.8 Å². The van der Waals surface area contributed by atoms with Crippen molar-refractivity contribution >= 4 is 32.7 Å². The zero-order valence-corrected chi connectivity index (χ0v) is 19.6. The molecule has 2 aromatic carbocycles. The van der Waals surface area contributed by atoms with Crippen LogP contribution in [0.15, 0.2) is 48.5 Å². The number of methoxy groups -OCH3 is 2. The molecule has 1 saturated heterocycles. The number of nitrogens with zero attached hydrogens (tertiary/aromatic N) is 5. The Labute approximate surface area is 196 Å². The van der Waals surface area contributed by atoms with E-state index in [2.05, 4.69) is 10.00 Å². The molecule has 1 aliphatic rings. The number of hydrogen-bond donors (Lipinski definition) is 0. The van der Waals surface area contributed by atoms with Crippen molar-refractivity contribution in [1.29, 1.82) is 0 Å². The van der Waals surface area contributed by atoms with Crippen molar-refractivity contribution in [3.05, 3.63) is 59.8 Å². The Kier molecular flexibility index (Phi) is 5.63. The number of hydrogen-bond acceptors (Lipinski definition) is 7. The second-order valence-electron chi connectivity index (χ2n) is 7.85. The molecule has 2 aromatic heterocycles. The van der Waals surface area contributed by atoms with E-state index >= 15 is 0 Å². The van der Waals surface area contributed by atoms with Crippen molar-refractivity contribution in [3.8, 4) is 17.2 Å². The first-order valence-corrected chi connectivity index (χ1v) is 11.6. The summed E-state index contributed by atoms with van der Waals surface area (Å²) in [4.78, 5) is 21.9. The smallest absolute Gasteiger partial charge is 0.253 e. The van der Waals surface area contributed by atoms with Gasteiger partial charge in [0.1, 0.15) is 11.5 Å². The summed E-state index contributed by atoms with van der Waals surface area (Å²) >= 11 is 1.65. The molecule has 1 fully saturated rings. The molecule has 0 N–H and O–H groups in total. The Morgan fingerprint density at radius 2 is 1.52 bits per heavy atom. The molecule has 9 heteroatoms. The molecule has 5 rings (SSSR count). The molecule has 170 valence electrons. The van der Waals surface area contributed by atoms with Crippen LogP contribution in [0.1, 0.15) is 16.1 Å². The van der Waals surface area contributed by atoms with Gasteiger partial charge >= 0.3 is 0 Å². The number of amides is 1. The largest absolute Gasteiger partial charge is 0.497 e. The third-order valence-electron chi connectivity index (χ3n) is 5.87. The molecular weight excluding hydrogens is 438 g/mol. The average Bonchev–Trinajstić information content (AvgIpc) is 3.44. The number of benzene rings is 2. The highest BCUT2D eigenvalue weighted by atomic mass is 32.1. The van der Waals surface area contributed by atoms with Crippen LogP contribution < -0.4 is 14.4 Å². The fraction of sp³-hybridized carbons (Fsp3) is 0.292. The maximum absolute atomic E-state index is 12.9. The Hall–Kier alpha value is -3.59. The van der Waals surface area contributed by atoms with E-state index in [1.54, 1.807) is 25.6 Å². The van der Waals surface area contributed by atoms with Crippen molar-refractivity contribution in [2.45, 2.75) is 6.92 Å². The molecule has 0 radical (unpaired) electrons. The quantitative estimate of drug-likeness (QED) is 0.449. The van der Waals surface area contributed by atoms with Crippen LogP contribution in [0.2, 0.25) is 0 Å². The predicted molar refractivity (Wildman–Crippen MR) is 129 cm³/mol. The van der Waals surface area contributed by atoms with E-state index in [-0.39, 0.29) is 5.91 Å². The monoisotopic (exact) mass is 463 g/mol. The van der Waals surface area contributed by atoms with Crippen LogP contribution in [0, 0.1) is 6.92 Å². The van der Waals surface area contributed by atoms with Crippen molar-refractivity contribution in [2.75, 3.05) is 45.3 Å². The lowest BCUT2D eigenvalue weighted by Gasteiger charge is -2.34. The molecule has 1 amide bonds. The fourth-order valence-corrected chi connectivity index (χ4v) is 5.02. The second-order valence-corrected chi connectivity index (χ2v) is 8.83. The molecule has 0 unspecified atom stereocenters. The van der Waals surface area contributed by atoms with Crippen LogP contribution in [0.4, 0.5) is 5.13 Å². The zero-order chi connectivity index (χ0) is 22.9. The van der Waals surface area contributed by atoms with Gasteiger partial charge in [0.05, 0.1) is 30.3 Å². The van der Waals surface area contributed by atoms with Gasteiger partial charge in [-0.2, -0.15) is 10.1 Å². The lowest BCUT2D eigenvalue weighted by atomic mass is 10.1. The number of fused-ring (bicyclic) bond motifs is 1. The minimum Gasteiger partial charge on any atom is -0.497 e. The number of aromatic nitrogens is 3. The number of rotatable bonds is 5. The number of aryl methyl sites for hydroxylation is 1. The van der Waals surface area contributed by atoms with Crippen LogP contribution in [-0.2, 0) is 0 Å². The summed E-state index contributed by atoms with van der Waals surface area (Å²) in [7, 11) is 3.27. The van der Waals surface area contributed by atoms with Gasteiger partial charge in [-0.3, -0.25) is 4.79 Å². The van der Waals surface area contributed by atoms with E-state index in [9.17, 15) is 4.79 Å². The first kappa shape index (κ1) is 21.3. The van der Waals surface area contributed by atoms with Crippen molar-refractivity contribution in [1.82, 2.24) is 19.7 Å². The maximum Gasteiger partial charge on any atom is 0.253 e. The van der Waals surface area contributed by atoms with Crippen LogP contribution in [0.25, 0.3) is 16.0 Å². The topological polar surface area (TPSA) is 72.7 Å². The van der Waals surface area contributed by atoms with Crippen molar-refractivity contribution in [2.24, 2.45) is 0 Å². The molecule has 4 aromatic rings. The Balaban J connectivity index is 1.31. The molecule has 0 bridgehead atoms. The Morgan fingerprint density at radius 1 is 0.909 bits per heavy atom. The summed E-state index contributed by atoms with van der Waals surface area (Å²) in [6, 6.07) is 15.1. The van der Waals surface area contributed by atoms with Gasteiger partial charge in [0.25, 0.3) is 5.91 Å². The Morgan fingerprint density at radius 3 is 2.12 bits per heavy atom. The van der Waals surface area contributed by atoms with Gasteiger partial charge < -0.3 is 19.3 Å². The van der Waals surface area contributed by atoms with E-state index in [0.29, 0.717) is 18.7 Å². The van der Waals surface area contributed by atoms with E-state index in [0.717, 1.165) is 51.4 Å². The van der Waals surface area contributed by atoms with Crippen LogP contribution in [0.5, 0.6) is 11.5 Å². The molecule has 1 aliphatic heterocycles.